The molecule has 0 saturated carbocycles. The number of carboxylic acids is 1. The van der Waals surface area contributed by atoms with Gasteiger partial charge in [-0.25, -0.2) is 5.06 Å². The largest absolute Gasteiger partial charge is 0.493 e. The van der Waals surface area contributed by atoms with Gasteiger partial charge in [0.15, 0.2) is 0 Å². The molecule has 1 N–H and O–H groups in total. The number of hydrogen-bond acceptors (Lipinski definition) is 6. The van der Waals surface area contributed by atoms with Crippen LogP contribution in [0.4, 0.5) is 0 Å². The van der Waals surface area contributed by atoms with Gasteiger partial charge >= 0.3 is 5.97 Å². The van der Waals surface area contributed by atoms with E-state index in [1.54, 1.807) is 0 Å². The normalized spacial score (nSPS) is 23.4. The number of hydroxylamine groups is 2. The number of carbonyl (C=O) groups is 3. The molecule has 1 aromatic rings. The molecule has 9 heteroatoms. The molecule has 0 aromatic heterocycles. The molecule has 37 heavy (non-hydrogen) atoms. The van der Waals surface area contributed by atoms with Crippen molar-refractivity contribution in [3.63, 3.8) is 0 Å². The van der Waals surface area contributed by atoms with Crippen molar-refractivity contribution in [2.75, 3.05) is 45.9 Å². The lowest BCUT2D eigenvalue weighted by atomic mass is 9.83. The summed E-state index contributed by atoms with van der Waals surface area (Å²) in [5.74, 6) is -0.802. The van der Waals surface area contributed by atoms with Crippen LogP contribution in [0.5, 0.6) is 5.75 Å². The minimum Gasteiger partial charge on any atom is -0.493 e. The van der Waals surface area contributed by atoms with Gasteiger partial charge in [-0.3, -0.25) is 24.1 Å². The van der Waals surface area contributed by atoms with E-state index in [4.69, 9.17) is 9.57 Å². The Labute approximate surface area is 219 Å². The van der Waals surface area contributed by atoms with Crippen molar-refractivity contribution < 1.29 is 29.1 Å². The predicted octanol–water partition coefficient (Wildman–Crippen LogP) is 3.07. The van der Waals surface area contributed by atoms with Crippen LogP contribution < -0.4 is 4.74 Å². The van der Waals surface area contributed by atoms with Crippen LogP contribution in [0.15, 0.2) is 18.2 Å². The standard InChI is InChI=1S/C28H41N3O6/c1-3-12-31(37-15-4-2)26(33)19-30-18-22(20-9-10-24-21(17-20)11-16-36-24)27(28(34)35)23(30)7-5-13-29-14-6-8-25(29)32/h9-10,17,22-23,27H,3-8,11-16,18-19H2,1-2H3,(H,34,35). The molecule has 3 atom stereocenters. The van der Waals surface area contributed by atoms with Gasteiger partial charge in [0, 0.05) is 51.0 Å². The summed E-state index contributed by atoms with van der Waals surface area (Å²) in [6.07, 6.45) is 5.21. The topological polar surface area (TPSA) is 99.6 Å². The van der Waals surface area contributed by atoms with Crippen molar-refractivity contribution in [2.24, 2.45) is 5.92 Å². The number of ether oxygens (including phenoxy) is 1. The van der Waals surface area contributed by atoms with E-state index in [1.807, 2.05) is 35.8 Å². The first kappa shape index (κ1) is 27.4. The summed E-state index contributed by atoms with van der Waals surface area (Å²) < 4.78 is 5.65. The molecular weight excluding hydrogens is 474 g/mol. The van der Waals surface area contributed by atoms with E-state index in [1.165, 1.54) is 5.06 Å². The first-order valence-electron chi connectivity index (χ1n) is 13.9. The fourth-order valence-electron chi connectivity index (χ4n) is 5.98. The molecule has 3 aliphatic heterocycles. The molecule has 3 unspecified atom stereocenters. The molecule has 3 aliphatic rings. The second-order valence-electron chi connectivity index (χ2n) is 10.4. The van der Waals surface area contributed by atoms with Crippen LogP contribution in [0.3, 0.4) is 0 Å². The first-order valence-corrected chi connectivity index (χ1v) is 13.9. The Kier molecular flexibility index (Phi) is 9.43. The third-order valence-electron chi connectivity index (χ3n) is 7.77. The van der Waals surface area contributed by atoms with E-state index in [-0.39, 0.29) is 30.3 Å². The summed E-state index contributed by atoms with van der Waals surface area (Å²) in [7, 11) is 0. The van der Waals surface area contributed by atoms with Crippen LogP contribution >= 0.6 is 0 Å². The number of aliphatic carboxylic acids is 1. The maximum Gasteiger partial charge on any atom is 0.308 e. The van der Waals surface area contributed by atoms with E-state index in [9.17, 15) is 19.5 Å². The van der Waals surface area contributed by atoms with E-state index in [0.29, 0.717) is 52.1 Å². The summed E-state index contributed by atoms with van der Waals surface area (Å²) in [6.45, 7) is 7.63. The summed E-state index contributed by atoms with van der Waals surface area (Å²) in [5, 5.41) is 11.8. The van der Waals surface area contributed by atoms with Crippen LogP contribution in [0.2, 0.25) is 0 Å². The van der Waals surface area contributed by atoms with Crippen molar-refractivity contribution in [3.05, 3.63) is 29.3 Å². The van der Waals surface area contributed by atoms with Gasteiger partial charge in [0.1, 0.15) is 5.75 Å². The molecule has 2 amide bonds. The highest BCUT2D eigenvalue weighted by atomic mass is 16.7. The van der Waals surface area contributed by atoms with Gasteiger partial charge in [-0.1, -0.05) is 26.0 Å². The highest BCUT2D eigenvalue weighted by Crippen LogP contribution is 2.41. The zero-order valence-electron chi connectivity index (χ0n) is 22.2. The Morgan fingerprint density at radius 1 is 1.22 bits per heavy atom. The van der Waals surface area contributed by atoms with Crippen LogP contribution in [0, 0.1) is 5.92 Å². The zero-order chi connectivity index (χ0) is 26.4. The molecule has 0 radical (unpaired) electrons. The lowest BCUT2D eigenvalue weighted by Gasteiger charge is -2.29. The fraction of sp³-hybridized carbons (Fsp3) is 0.679. The molecule has 0 bridgehead atoms. The molecular formula is C28H41N3O6. The van der Waals surface area contributed by atoms with Crippen LogP contribution in [-0.4, -0.2) is 89.7 Å². The van der Waals surface area contributed by atoms with Gasteiger partial charge in [0.05, 0.1) is 25.7 Å². The lowest BCUT2D eigenvalue weighted by Crippen LogP contribution is -2.44. The Bertz CT molecular complexity index is 969. The average molecular weight is 516 g/mol. The van der Waals surface area contributed by atoms with Crippen molar-refractivity contribution in [3.8, 4) is 5.75 Å². The summed E-state index contributed by atoms with van der Waals surface area (Å²) in [5.41, 5.74) is 2.10. The highest BCUT2D eigenvalue weighted by molar-refractivity contribution is 5.78. The maximum atomic E-state index is 13.3. The highest BCUT2D eigenvalue weighted by Gasteiger charge is 2.47. The Morgan fingerprint density at radius 3 is 2.76 bits per heavy atom. The molecule has 0 aliphatic carbocycles. The second-order valence-corrected chi connectivity index (χ2v) is 10.4. The first-order chi connectivity index (χ1) is 17.9. The number of likely N-dealkylation sites (tertiary alicyclic amines) is 2. The Morgan fingerprint density at radius 2 is 2.05 bits per heavy atom. The van der Waals surface area contributed by atoms with Crippen molar-refractivity contribution >= 4 is 17.8 Å². The molecule has 3 heterocycles. The van der Waals surface area contributed by atoms with Crippen LogP contribution in [0.25, 0.3) is 0 Å². The minimum atomic E-state index is -0.841. The number of fused-ring (bicyclic) bond motifs is 1. The van der Waals surface area contributed by atoms with Gasteiger partial charge in [-0.2, -0.15) is 0 Å². The van der Waals surface area contributed by atoms with Gasteiger partial charge in [-0.05, 0) is 49.3 Å². The van der Waals surface area contributed by atoms with Gasteiger partial charge in [0.2, 0.25) is 5.91 Å². The third-order valence-corrected chi connectivity index (χ3v) is 7.77. The van der Waals surface area contributed by atoms with Gasteiger partial charge in [-0.15, -0.1) is 0 Å². The van der Waals surface area contributed by atoms with E-state index in [0.717, 1.165) is 49.1 Å². The quantitative estimate of drug-likeness (QED) is 0.403. The molecule has 0 spiro atoms. The maximum absolute atomic E-state index is 13.3. The molecule has 204 valence electrons. The van der Waals surface area contributed by atoms with Crippen molar-refractivity contribution in [1.82, 2.24) is 14.9 Å². The van der Waals surface area contributed by atoms with Crippen LogP contribution in [0.1, 0.15) is 69.4 Å². The molecule has 4 rings (SSSR count). The number of rotatable bonds is 13. The SMILES string of the molecule is CCCON(CCC)C(=O)CN1CC(c2ccc3c(c2)CCO3)C(C(=O)O)C1CCCN1CCCC1=O. The minimum absolute atomic E-state index is 0.116. The van der Waals surface area contributed by atoms with Gasteiger partial charge in [0.25, 0.3) is 5.91 Å². The van der Waals surface area contributed by atoms with E-state index < -0.39 is 11.9 Å². The molecule has 2 fully saturated rings. The van der Waals surface area contributed by atoms with Crippen molar-refractivity contribution in [1.29, 1.82) is 0 Å². The number of benzene rings is 1. The zero-order valence-corrected chi connectivity index (χ0v) is 22.2. The number of carbonyl (C=O) groups excluding carboxylic acids is 2. The second kappa shape index (κ2) is 12.7. The average Bonchev–Trinajstić information content (AvgIpc) is 3.60. The fourth-order valence-corrected chi connectivity index (χ4v) is 5.98. The molecule has 9 nitrogen and oxygen atoms in total. The van der Waals surface area contributed by atoms with E-state index >= 15 is 0 Å². The van der Waals surface area contributed by atoms with E-state index in [2.05, 4.69) is 6.07 Å². The monoisotopic (exact) mass is 515 g/mol. The number of amides is 2. The predicted molar refractivity (Wildman–Crippen MR) is 138 cm³/mol. The summed E-state index contributed by atoms with van der Waals surface area (Å²) >= 11 is 0. The van der Waals surface area contributed by atoms with Crippen LogP contribution in [-0.2, 0) is 25.6 Å². The van der Waals surface area contributed by atoms with Gasteiger partial charge < -0.3 is 14.7 Å². The Balaban J connectivity index is 1.54. The third kappa shape index (κ3) is 6.44. The smallest absolute Gasteiger partial charge is 0.308 e. The summed E-state index contributed by atoms with van der Waals surface area (Å²) in [6, 6.07) is 5.70. The number of carboxylic acid groups (broad SMARTS) is 1. The summed E-state index contributed by atoms with van der Waals surface area (Å²) in [4.78, 5) is 47.7. The Hall–Kier alpha value is -2.65. The molecule has 2 saturated heterocycles. The number of hydrogen-bond donors (Lipinski definition) is 1. The number of nitrogens with zero attached hydrogens (tertiary/aromatic N) is 3. The van der Waals surface area contributed by atoms with Crippen molar-refractivity contribution in [2.45, 2.75) is 70.8 Å². The molecule has 1 aromatic carbocycles. The lowest BCUT2D eigenvalue weighted by molar-refractivity contribution is -0.188.